The summed E-state index contributed by atoms with van der Waals surface area (Å²) >= 11 is 0. The maximum absolute atomic E-state index is 2.31. The molecule has 0 spiro atoms. The van der Waals surface area contributed by atoms with Crippen LogP contribution in [0.4, 0.5) is 0 Å². The van der Waals surface area contributed by atoms with Crippen molar-refractivity contribution < 1.29 is 0 Å². The Morgan fingerprint density at radius 2 is 1.59 bits per heavy atom. The second-order valence-corrected chi connectivity index (χ2v) is 4.88. The molecule has 1 aromatic rings. The minimum atomic E-state index is 0.734. The van der Waals surface area contributed by atoms with E-state index in [0.717, 1.165) is 5.92 Å². The molecule has 0 aliphatic heterocycles. The summed E-state index contributed by atoms with van der Waals surface area (Å²) in [6, 6.07) is 8.97. The average Bonchev–Trinajstić information content (AvgIpc) is 2.33. The Morgan fingerprint density at radius 3 is 2.00 bits per heavy atom. The maximum atomic E-state index is 2.31. The highest BCUT2D eigenvalue weighted by atomic mass is 14.2. The molecule has 0 saturated heterocycles. The summed E-state index contributed by atoms with van der Waals surface area (Å²) in [6.45, 7) is 8.89. The Balaban J connectivity index is 2.92. The summed E-state index contributed by atoms with van der Waals surface area (Å²) in [7, 11) is 0. The van der Waals surface area contributed by atoms with Crippen LogP contribution in [0.15, 0.2) is 30.3 Å². The van der Waals surface area contributed by atoms with E-state index in [4.69, 9.17) is 0 Å². The molecule has 0 unspecified atom stereocenters. The first kappa shape index (κ1) is 14.0. The molecule has 0 aromatic heterocycles. The van der Waals surface area contributed by atoms with Crippen LogP contribution in [0.1, 0.15) is 57.6 Å². The first-order chi connectivity index (χ1) is 8.22. The van der Waals surface area contributed by atoms with E-state index in [0.29, 0.717) is 0 Å². The van der Waals surface area contributed by atoms with Gasteiger partial charge in [-0.2, -0.15) is 0 Å². The summed E-state index contributed by atoms with van der Waals surface area (Å²) in [4.78, 5) is 0. The van der Waals surface area contributed by atoms with Gasteiger partial charge in [-0.3, -0.25) is 0 Å². The van der Waals surface area contributed by atoms with Crippen molar-refractivity contribution in [3.05, 3.63) is 41.5 Å². The number of benzene rings is 1. The molecule has 0 nitrogen and oxygen atoms in total. The third-order valence-electron chi connectivity index (χ3n) is 3.41. The van der Waals surface area contributed by atoms with Crippen LogP contribution in [-0.2, 0) is 0 Å². The molecule has 0 atom stereocenters. The van der Waals surface area contributed by atoms with Crippen LogP contribution in [0.2, 0.25) is 0 Å². The molecule has 0 aliphatic rings. The predicted molar refractivity (Wildman–Crippen MR) is 78.1 cm³/mol. The average molecular weight is 230 g/mol. The maximum Gasteiger partial charge on any atom is -0.0159 e. The van der Waals surface area contributed by atoms with Crippen molar-refractivity contribution in [2.75, 3.05) is 0 Å². The van der Waals surface area contributed by atoms with Crippen molar-refractivity contribution in [3.8, 4) is 0 Å². The zero-order valence-electron chi connectivity index (χ0n) is 11.8. The van der Waals surface area contributed by atoms with E-state index in [1.54, 1.807) is 0 Å². The topological polar surface area (TPSA) is 0 Å². The van der Waals surface area contributed by atoms with Gasteiger partial charge in [0, 0.05) is 0 Å². The van der Waals surface area contributed by atoms with Gasteiger partial charge in [-0.1, -0.05) is 62.6 Å². The molecule has 0 N–H and O–H groups in total. The van der Waals surface area contributed by atoms with E-state index in [2.05, 4.69) is 58.0 Å². The molecular weight excluding hydrogens is 204 g/mol. The Bertz CT molecular complexity index is 337. The number of hydrogen-bond acceptors (Lipinski definition) is 0. The van der Waals surface area contributed by atoms with E-state index in [-0.39, 0.29) is 0 Å². The molecule has 0 fully saturated rings. The van der Waals surface area contributed by atoms with Crippen molar-refractivity contribution in [2.45, 2.75) is 53.4 Å². The van der Waals surface area contributed by atoms with Crippen molar-refractivity contribution in [3.63, 3.8) is 0 Å². The third-order valence-corrected chi connectivity index (χ3v) is 3.41. The lowest BCUT2D eigenvalue weighted by Gasteiger charge is -2.20. The molecule has 0 bridgehead atoms. The van der Waals surface area contributed by atoms with Gasteiger partial charge in [-0.15, -0.1) is 0 Å². The largest absolute Gasteiger partial charge is 0.0836 e. The van der Waals surface area contributed by atoms with Crippen LogP contribution in [-0.4, -0.2) is 0 Å². The standard InChI is InChI=1S/C17H26/c1-5-8-15(9-6-2)17(7-3)16-12-10-14(4)11-13-16/h7,10-13,15H,5-6,8-9H2,1-4H3/b17-7+. The minimum Gasteiger partial charge on any atom is -0.0836 e. The molecule has 0 amide bonds. The lowest BCUT2D eigenvalue weighted by molar-refractivity contribution is 0.543. The van der Waals surface area contributed by atoms with Gasteiger partial charge < -0.3 is 0 Å². The molecule has 1 aromatic carbocycles. The first-order valence-electron chi connectivity index (χ1n) is 6.96. The van der Waals surface area contributed by atoms with Gasteiger partial charge in [0.1, 0.15) is 0 Å². The van der Waals surface area contributed by atoms with Gasteiger partial charge in [-0.05, 0) is 43.7 Å². The Labute approximate surface area is 107 Å². The van der Waals surface area contributed by atoms with Gasteiger partial charge in [-0.25, -0.2) is 0 Å². The quantitative estimate of drug-likeness (QED) is 0.595. The molecule has 1 rings (SSSR count). The fourth-order valence-electron chi connectivity index (χ4n) is 2.54. The van der Waals surface area contributed by atoms with Crippen LogP contribution >= 0.6 is 0 Å². The zero-order valence-corrected chi connectivity index (χ0v) is 11.8. The van der Waals surface area contributed by atoms with Crippen molar-refractivity contribution in [1.29, 1.82) is 0 Å². The molecule has 0 heteroatoms. The number of allylic oxidation sites excluding steroid dienone is 2. The molecule has 0 heterocycles. The fraction of sp³-hybridized carbons (Fsp3) is 0.529. The highest BCUT2D eigenvalue weighted by Crippen LogP contribution is 2.30. The summed E-state index contributed by atoms with van der Waals surface area (Å²) < 4.78 is 0. The van der Waals surface area contributed by atoms with Crippen LogP contribution in [0.3, 0.4) is 0 Å². The smallest absolute Gasteiger partial charge is 0.0159 e. The fourth-order valence-corrected chi connectivity index (χ4v) is 2.54. The molecule has 94 valence electrons. The minimum absolute atomic E-state index is 0.734. The SMILES string of the molecule is C/C=C(/c1ccc(C)cc1)C(CCC)CCC. The second-order valence-electron chi connectivity index (χ2n) is 4.88. The lowest BCUT2D eigenvalue weighted by Crippen LogP contribution is -2.03. The van der Waals surface area contributed by atoms with E-state index in [1.807, 2.05) is 0 Å². The van der Waals surface area contributed by atoms with Gasteiger partial charge in [0.25, 0.3) is 0 Å². The summed E-state index contributed by atoms with van der Waals surface area (Å²) in [6.07, 6.45) is 7.46. The highest BCUT2D eigenvalue weighted by molar-refractivity contribution is 5.67. The van der Waals surface area contributed by atoms with Gasteiger partial charge in [0.15, 0.2) is 0 Å². The highest BCUT2D eigenvalue weighted by Gasteiger charge is 2.13. The lowest BCUT2D eigenvalue weighted by atomic mass is 9.85. The molecule has 0 radical (unpaired) electrons. The van der Waals surface area contributed by atoms with E-state index < -0.39 is 0 Å². The Kier molecular flexibility index (Phi) is 6.04. The van der Waals surface area contributed by atoms with Crippen molar-refractivity contribution in [1.82, 2.24) is 0 Å². The summed E-state index contributed by atoms with van der Waals surface area (Å²) in [5.41, 5.74) is 4.28. The second kappa shape index (κ2) is 7.32. The Hall–Kier alpha value is -1.04. The molecule has 0 saturated carbocycles. The third kappa shape index (κ3) is 4.03. The van der Waals surface area contributed by atoms with E-state index >= 15 is 0 Å². The van der Waals surface area contributed by atoms with Crippen LogP contribution in [0, 0.1) is 12.8 Å². The van der Waals surface area contributed by atoms with Crippen molar-refractivity contribution in [2.24, 2.45) is 5.92 Å². The van der Waals surface area contributed by atoms with Crippen LogP contribution in [0.25, 0.3) is 5.57 Å². The van der Waals surface area contributed by atoms with Crippen LogP contribution < -0.4 is 0 Å². The van der Waals surface area contributed by atoms with E-state index in [1.165, 1.54) is 42.4 Å². The van der Waals surface area contributed by atoms with Crippen LogP contribution in [0.5, 0.6) is 0 Å². The van der Waals surface area contributed by atoms with Crippen molar-refractivity contribution >= 4 is 5.57 Å². The summed E-state index contributed by atoms with van der Waals surface area (Å²) in [5.74, 6) is 0.734. The first-order valence-corrected chi connectivity index (χ1v) is 6.96. The van der Waals surface area contributed by atoms with Gasteiger partial charge >= 0.3 is 0 Å². The number of hydrogen-bond donors (Lipinski definition) is 0. The summed E-state index contributed by atoms with van der Waals surface area (Å²) in [5, 5.41) is 0. The van der Waals surface area contributed by atoms with Gasteiger partial charge in [0.2, 0.25) is 0 Å². The number of aryl methyl sites for hydroxylation is 1. The Morgan fingerprint density at radius 1 is 1.06 bits per heavy atom. The molecule has 17 heavy (non-hydrogen) atoms. The predicted octanol–water partition coefficient (Wildman–Crippen LogP) is 5.61. The molecular formula is C17H26. The van der Waals surface area contributed by atoms with Gasteiger partial charge in [0.05, 0.1) is 0 Å². The normalized spacial score (nSPS) is 12.2. The zero-order chi connectivity index (χ0) is 12.7. The van der Waals surface area contributed by atoms with E-state index in [9.17, 15) is 0 Å². The molecule has 0 aliphatic carbocycles. The number of rotatable bonds is 6. The monoisotopic (exact) mass is 230 g/mol.